The summed E-state index contributed by atoms with van der Waals surface area (Å²) in [5.74, 6) is 0.239. The van der Waals surface area contributed by atoms with E-state index in [1.807, 2.05) is 0 Å². The van der Waals surface area contributed by atoms with Gasteiger partial charge in [-0.05, 0) is 0 Å². The fourth-order valence-corrected chi connectivity index (χ4v) is 2.91. The van der Waals surface area contributed by atoms with Crippen molar-refractivity contribution in [2.75, 3.05) is 31.7 Å². The highest BCUT2D eigenvalue weighted by molar-refractivity contribution is 7.51. The van der Waals surface area contributed by atoms with Crippen molar-refractivity contribution < 1.29 is 28.9 Å². The Hall–Kier alpha value is -1.62. The lowest BCUT2D eigenvalue weighted by Crippen LogP contribution is -2.46. The molecular formula is C12H18N5O6P. The SMILES string of the molecule is Nc1ncnc2c1ncn2C[C@@]1(O)COC[C@@H]1OCCP(=O)(O)O. The number of nitrogen functional groups attached to an aromatic ring is 1. The number of hydrogen-bond acceptors (Lipinski definition) is 8. The average molecular weight is 359 g/mol. The van der Waals surface area contributed by atoms with E-state index >= 15 is 0 Å². The minimum absolute atomic E-state index is 0.0216. The van der Waals surface area contributed by atoms with E-state index in [4.69, 9.17) is 25.0 Å². The first-order chi connectivity index (χ1) is 11.3. The molecule has 0 spiro atoms. The first-order valence-corrected chi connectivity index (χ1v) is 8.96. The number of ether oxygens (including phenoxy) is 2. The summed E-state index contributed by atoms with van der Waals surface area (Å²) in [6, 6.07) is 0. The average Bonchev–Trinajstić information content (AvgIpc) is 3.04. The van der Waals surface area contributed by atoms with Gasteiger partial charge >= 0.3 is 7.60 Å². The van der Waals surface area contributed by atoms with E-state index in [0.29, 0.717) is 11.2 Å². The minimum Gasteiger partial charge on any atom is -0.383 e. The van der Waals surface area contributed by atoms with Crippen molar-refractivity contribution in [2.24, 2.45) is 0 Å². The van der Waals surface area contributed by atoms with Gasteiger partial charge in [0.25, 0.3) is 0 Å². The Balaban J connectivity index is 1.74. The van der Waals surface area contributed by atoms with Crippen molar-refractivity contribution in [1.82, 2.24) is 19.5 Å². The third-order valence-corrected chi connectivity index (χ3v) is 4.56. The van der Waals surface area contributed by atoms with Gasteiger partial charge < -0.3 is 34.7 Å². The maximum atomic E-state index is 10.9. The summed E-state index contributed by atoms with van der Waals surface area (Å²) in [7, 11) is -4.15. The molecule has 2 aromatic heterocycles. The molecule has 24 heavy (non-hydrogen) atoms. The number of aliphatic hydroxyl groups is 1. The molecular weight excluding hydrogens is 341 g/mol. The summed E-state index contributed by atoms with van der Waals surface area (Å²) >= 11 is 0. The maximum Gasteiger partial charge on any atom is 0.327 e. The Labute approximate surface area is 136 Å². The molecule has 1 aliphatic rings. The zero-order valence-corrected chi connectivity index (χ0v) is 13.5. The van der Waals surface area contributed by atoms with Crippen LogP contribution in [0.25, 0.3) is 11.2 Å². The minimum atomic E-state index is -4.15. The first-order valence-electron chi connectivity index (χ1n) is 7.16. The molecule has 12 heteroatoms. The summed E-state index contributed by atoms with van der Waals surface area (Å²) < 4.78 is 23.2. The van der Waals surface area contributed by atoms with Crippen LogP contribution >= 0.6 is 7.60 Å². The molecule has 0 radical (unpaired) electrons. The standard InChI is InChI=1S/C12H18N5O6P/c13-10-9-11(15-6-14-10)17(7-16-9)4-12(18)5-22-3-8(12)23-1-2-24(19,20)21/h6-8,18H,1-5H2,(H2,13,14,15)(H2,19,20,21)/t8-,12+/m0/s1. The van der Waals surface area contributed by atoms with E-state index < -0.39 is 25.5 Å². The summed E-state index contributed by atoms with van der Waals surface area (Å²) in [6.07, 6.45) is 1.65. The summed E-state index contributed by atoms with van der Waals surface area (Å²) in [4.78, 5) is 29.8. The number of nitrogens with zero attached hydrogens (tertiary/aromatic N) is 4. The van der Waals surface area contributed by atoms with Crippen LogP contribution in [0.2, 0.25) is 0 Å². The lowest BCUT2D eigenvalue weighted by Gasteiger charge is -2.28. The molecule has 11 nitrogen and oxygen atoms in total. The highest BCUT2D eigenvalue weighted by Crippen LogP contribution is 2.34. The van der Waals surface area contributed by atoms with Crippen molar-refractivity contribution >= 4 is 24.6 Å². The summed E-state index contributed by atoms with van der Waals surface area (Å²) in [5, 5.41) is 10.8. The van der Waals surface area contributed by atoms with Crippen molar-refractivity contribution in [3.8, 4) is 0 Å². The van der Waals surface area contributed by atoms with Gasteiger partial charge in [-0.3, -0.25) is 4.57 Å². The molecule has 3 rings (SSSR count). The van der Waals surface area contributed by atoms with Crippen LogP contribution in [0.1, 0.15) is 0 Å². The fourth-order valence-electron chi connectivity index (χ4n) is 2.56. The van der Waals surface area contributed by atoms with Gasteiger partial charge in [0.2, 0.25) is 0 Å². The highest BCUT2D eigenvalue weighted by Gasteiger charge is 2.44. The summed E-state index contributed by atoms with van der Waals surface area (Å²) in [5.41, 5.74) is 5.26. The molecule has 0 aliphatic carbocycles. The monoisotopic (exact) mass is 359 g/mol. The molecule has 0 saturated carbocycles. The fraction of sp³-hybridized carbons (Fsp3) is 0.583. The molecule has 0 bridgehead atoms. The Morgan fingerprint density at radius 3 is 3.00 bits per heavy atom. The second-order valence-corrected chi connectivity index (χ2v) is 7.45. The Morgan fingerprint density at radius 2 is 2.25 bits per heavy atom. The van der Waals surface area contributed by atoms with Crippen LogP contribution in [0.4, 0.5) is 5.82 Å². The second kappa shape index (κ2) is 6.36. The smallest absolute Gasteiger partial charge is 0.327 e. The predicted octanol–water partition coefficient (Wildman–Crippen LogP) is -1.27. The predicted molar refractivity (Wildman–Crippen MR) is 82.2 cm³/mol. The van der Waals surface area contributed by atoms with Crippen molar-refractivity contribution in [3.63, 3.8) is 0 Å². The lowest BCUT2D eigenvalue weighted by atomic mass is 10.0. The Kier molecular flexibility index (Phi) is 4.56. The van der Waals surface area contributed by atoms with E-state index in [1.165, 1.54) is 12.7 Å². The van der Waals surface area contributed by atoms with Crippen LogP contribution in [-0.4, -0.2) is 72.1 Å². The van der Waals surface area contributed by atoms with Gasteiger partial charge in [-0.2, -0.15) is 0 Å². The Morgan fingerprint density at radius 1 is 1.46 bits per heavy atom. The number of imidazole rings is 1. The van der Waals surface area contributed by atoms with E-state index in [0.717, 1.165) is 0 Å². The van der Waals surface area contributed by atoms with Gasteiger partial charge in [0.05, 0.1) is 38.9 Å². The maximum absolute atomic E-state index is 10.9. The van der Waals surface area contributed by atoms with Gasteiger partial charge in [0.15, 0.2) is 11.5 Å². The zero-order chi connectivity index (χ0) is 17.4. The van der Waals surface area contributed by atoms with Crippen LogP contribution in [0.5, 0.6) is 0 Å². The molecule has 2 aromatic rings. The molecule has 3 heterocycles. The van der Waals surface area contributed by atoms with Crippen molar-refractivity contribution in [2.45, 2.75) is 18.2 Å². The van der Waals surface area contributed by atoms with Gasteiger partial charge in [0.1, 0.15) is 23.5 Å². The number of hydrogen-bond donors (Lipinski definition) is 4. The van der Waals surface area contributed by atoms with Gasteiger partial charge in [-0.1, -0.05) is 0 Å². The number of anilines is 1. The van der Waals surface area contributed by atoms with E-state index in [1.54, 1.807) is 4.57 Å². The first kappa shape index (κ1) is 17.2. The van der Waals surface area contributed by atoms with Crippen LogP contribution in [0, 0.1) is 0 Å². The number of nitrogens with two attached hydrogens (primary N) is 1. The number of fused-ring (bicyclic) bond motifs is 1. The number of rotatable bonds is 6. The highest BCUT2D eigenvalue weighted by atomic mass is 31.2. The van der Waals surface area contributed by atoms with Crippen LogP contribution in [0.3, 0.4) is 0 Å². The van der Waals surface area contributed by atoms with E-state index in [-0.39, 0.29) is 32.2 Å². The van der Waals surface area contributed by atoms with E-state index in [2.05, 4.69) is 15.0 Å². The molecule has 2 atom stereocenters. The molecule has 1 fully saturated rings. The topological polar surface area (TPSA) is 166 Å². The molecule has 1 aliphatic heterocycles. The van der Waals surface area contributed by atoms with Crippen LogP contribution in [-0.2, 0) is 20.6 Å². The van der Waals surface area contributed by atoms with Gasteiger partial charge in [-0.25, -0.2) is 15.0 Å². The quantitative estimate of drug-likeness (QED) is 0.457. The number of aromatic nitrogens is 4. The van der Waals surface area contributed by atoms with Gasteiger partial charge in [-0.15, -0.1) is 0 Å². The largest absolute Gasteiger partial charge is 0.383 e. The van der Waals surface area contributed by atoms with E-state index in [9.17, 15) is 9.67 Å². The van der Waals surface area contributed by atoms with Gasteiger partial charge in [0, 0.05) is 0 Å². The normalized spacial score (nSPS) is 24.7. The van der Waals surface area contributed by atoms with Crippen molar-refractivity contribution in [1.29, 1.82) is 0 Å². The molecule has 0 unspecified atom stereocenters. The molecule has 1 saturated heterocycles. The summed E-state index contributed by atoms with van der Waals surface area (Å²) in [6.45, 7) is 0.0518. The third-order valence-electron chi connectivity index (χ3n) is 3.80. The molecule has 5 N–H and O–H groups in total. The third kappa shape index (κ3) is 3.56. The van der Waals surface area contributed by atoms with Crippen LogP contribution < -0.4 is 5.73 Å². The molecule has 0 aromatic carbocycles. The van der Waals surface area contributed by atoms with Crippen LogP contribution in [0.15, 0.2) is 12.7 Å². The second-order valence-electron chi connectivity index (χ2n) is 5.67. The molecule has 132 valence electrons. The van der Waals surface area contributed by atoms with Crippen molar-refractivity contribution in [3.05, 3.63) is 12.7 Å². The molecule has 0 amide bonds. The lowest BCUT2D eigenvalue weighted by molar-refractivity contribution is -0.0838. The zero-order valence-electron chi connectivity index (χ0n) is 12.6. The Bertz CT molecular complexity index is 778.